The van der Waals surface area contributed by atoms with Gasteiger partial charge in [0.2, 0.25) is 0 Å². The molecule has 2 aromatic rings. The van der Waals surface area contributed by atoms with E-state index in [0.29, 0.717) is 45.6 Å². The second-order valence-corrected chi connectivity index (χ2v) is 6.93. The third kappa shape index (κ3) is 4.78. The monoisotopic (exact) mass is 385 g/mol. The van der Waals surface area contributed by atoms with Crippen LogP contribution in [0.25, 0.3) is 0 Å². The van der Waals surface area contributed by atoms with E-state index in [0.717, 1.165) is 0 Å². The van der Waals surface area contributed by atoms with E-state index >= 15 is 0 Å². The number of benzene rings is 2. The Balaban J connectivity index is 2.30. The molecule has 2 rings (SSSR count). The quantitative estimate of drug-likeness (QED) is 0.647. The number of hydrogen-bond donors (Lipinski definition) is 2. The van der Waals surface area contributed by atoms with Crippen LogP contribution in [-0.4, -0.2) is 25.3 Å². The number of ether oxygens (including phenoxy) is 1. The second kappa shape index (κ2) is 8.75. The Morgan fingerprint density at radius 1 is 1.20 bits per heavy atom. The van der Waals surface area contributed by atoms with Crippen molar-refractivity contribution < 1.29 is 14.2 Å². The average Bonchev–Trinajstić information content (AvgIpc) is 2.52. The van der Waals surface area contributed by atoms with Gasteiger partial charge >= 0.3 is 0 Å². The maximum Gasteiger partial charge on any atom is 0.133 e. The molecule has 0 bridgehead atoms. The van der Waals surface area contributed by atoms with Gasteiger partial charge in [0.25, 0.3) is 0 Å². The summed E-state index contributed by atoms with van der Waals surface area (Å²) in [6, 6.07) is 6.42. The molecule has 2 aromatic carbocycles. The fourth-order valence-electron chi connectivity index (χ4n) is 2.61. The normalized spacial score (nSPS) is 11.2. The molecule has 0 radical (unpaired) electrons. The summed E-state index contributed by atoms with van der Waals surface area (Å²) in [4.78, 5) is 0. The number of phenols is 1. The first-order valence-electron chi connectivity index (χ1n) is 8.10. The smallest absolute Gasteiger partial charge is 0.133 e. The van der Waals surface area contributed by atoms with Crippen molar-refractivity contribution in [3.05, 3.63) is 56.8 Å². The fraction of sp³-hybridized carbons (Fsp3) is 0.368. The van der Waals surface area contributed by atoms with Gasteiger partial charge < -0.3 is 15.2 Å². The zero-order valence-electron chi connectivity index (χ0n) is 14.5. The first-order valence-corrected chi connectivity index (χ1v) is 8.86. The molecule has 0 aromatic heterocycles. The summed E-state index contributed by atoms with van der Waals surface area (Å²) in [5, 5.41) is 13.7. The highest BCUT2D eigenvalue weighted by Crippen LogP contribution is 2.35. The van der Waals surface area contributed by atoms with Crippen molar-refractivity contribution in [1.29, 1.82) is 0 Å². The molecule has 0 spiro atoms. The van der Waals surface area contributed by atoms with Gasteiger partial charge in [-0.05, 0) is 42.3 Å². The lowest BCUT2D eigenvalue weighted by Crippen LogP contribution is -2.16. The zero-order valence-corrected chi connectivity index (χ0v) is 16.0. The molecular formula is C19H22Cl2FNO2. The van der Waals surface area contributed by atoms with E-state index in [2.05, 4.69) is 5.32 Å². The molecule has 0 fully saturated rings. The van der Waals surface area contributed by atoms with E-state index in [1.165, 1.54) is 6.07 Å². The number of phenolic OH excluding ortho intramolecular Hbond substituents is 1. The number of halogens is 3. The van der Waals surface area contributed by atoms with Crippen molar-refractivity contribution in [2.45, 2.75) is 26.2 Å². The summed E-state index contributed by atoms with van der Waals surface area (Å²) in [6.07, 6.45) is 0.236. The number of likely N-dealkylation sites (N-methyl/N-ethyl adjacent to an activating group) is 1. The number of rotatable bonds is 7. The Morgan fingerprint density at radius 2 is 1.84 bits per heavy atom. The largest absolute Gasteiger partial charge is 0.508 e. The molecule has 0 heterocycles. The summed E-state index contributed by atoms with van der Waals surface area (Å²) in [6.45, 7) is 4.86. The molecular weight excluding hydrogens is 364 g/mol. The van der Waals surface area contributed by atoms with Gasteiger partial charge in [0.05, 0.1) is 0 Å². The van der Waals surface area contributed by atoms with Crippen molar-refractivity contribution in [1.82, 2.24) is 5.32 Å². The Hall–Kier alpha value is -1.49. The van der Waals surface area contributed by atoms with Crippen LogP contribution >= 0.6 is 23.2 Å². The van der Waals surface area contributed by atoms with Crippen LogP contribution in [0.5, 0.6) is 11.5 Å². The van der Waals surface area contributed by atoms with Crippen molar-refractivity contribution in [2.24, 2.45) is 0 Å². The first-order chi connectivity index (χ1) is 11.8. The predicted molar refractivity (Wildman–Crippen MR) is 101 cm³/mol. The highest BCUT2D eigenvalue weighted by atomic mass is 35.5. The van der Waals surface area contributed by atoms with Gasteiger partial charge in [-0.25, -0.2) is 4.39 Å². The highest BCUT2D eigenvalue weighted by Gasteiger charge is 2.18. The van der Waals surface area contributed by atoms with Gasteiger partial charge in [0.1, 0.15) is 23.9 Å². The lowest BCUT2D eigenvalue weighted by Gasteiger charge is -2.15. The predicted octanol–water partition coefficient (Wildman–Crippen LogP) is 5.15. The molecule has 0 saturated carbocycles. The van der Waals surface area contributed by atoms with E-state index in [9.17, 15) is 9.50 Å². The minimum Gasteiger partial charge on any atom is -0.508 e. The molecule has 6 heteroatoms. The van der Waals surface area contributed by atoms with Crippen LogP contribution in [0.2, 0.25) is 10.0 Å². The SMILES string of the molecule is CNCCOc1cc(Cl)c(Cc2ccc(O)c(C(C)C)c2F)c(Cl)c1. The molecule has 0 atom stereocenters. The van der Waals surface area contributed by atoms with Crippen molar-refractivity contribution in [3.63, 3.8) is 0 Å². The van der Waals surface area contributed by atoms with E-state index < -0.39 is 5.82 Å². The van der Waals surface area contributed by atoms with Crippen LogP contribution in [0.4, 0.5) is 4.39 Å². The second-order valence-electron chi connectivity index (χ2n) is 6.12. The van der Waals surface area contributed by atoms with Crippen LogP contribution in [0.1, 0.15) is 36.5 Å². The van der Waals surface area contributed by atoms with E-state index in [-0.39, 0.29) is 18.1 Å². The lowest BCUT2D eigenvalue weighted by atomic mass is 9.95. The molecule has 0 aliphatic carbocycles. The zero-order chi connectivity index (χ0) is 18.6. The van der Waals surface area contributed by atoms with Gasteiger partial charge in [0.15, 0.2) is 0 Å². The number of aromatic hydroxyl groups is 1. The molecule has 136 valence electrons. The van der Waals surface area contributed by atoms with E-state index in [4.69, 9.17) is 27.9 Å². The van der Waals surface area contributed by atoms with E-state index in [1.807, 2.05) is 20.9 Å². The van der Waals surface area contributed by atoms with Gasteiger partial charge in [-0.3, -0.25) is 0 Å². The third-order valence-corrected chi connectivity index (χ3v) is 4.59. The maximum atomic E-state index is 14.7. The van der Waals surface area contributed by atoms with Gasteiger partial charge in [-0.2, -0.15) is 0 Å². The van der Waals surface area contributed by atoms with Crippen molar-refractivity contribution >= 4 is 23.2 Å². The summed E-state index contributed by atoms with van der Waals surface area (Å²) in [7, 11) is 1.84. The van der Waals surface area contributed by atoms with Crippen molar-refractivity contribution in [3.8, 4) is 11.5 Å². The summed E-state index contributed by atoms with van der Waals surface area (Å²) >= 11 is 12.7. The lowest BCUT2D eigenvalue weighted by molar-refractivity contribution is 0.318. The molecule has 2 N–H and O–H groups in total. The van der Waals surface area contributed by atoms with Crippen LogP contribution in [0, 0.1) is 5.82 Å². The fourth-order valence-corrected chi connectivity index (χ4v) is 3.21. The van der Waals surface area contributed by atoms with Gasteiger partial charge in [-0.1, -0.05) is 43.1 Å². The Morgan fingerprint density at radius 3 is 2.40 bits per heavy atom. The Labute approximate surface area is 157 Å². The maximum absolute atomic E-state index is 14.7. The minimum atomic E-state index is -0.420. The van der Waals surface area contributed by atoms with Crippen LogP contribution in [0.15, 0.2) is 24.3 Å². The summed E-state index contributed by atoms with van der Waals surface area (Å²) in [5.74, 6) is -0.0184. The third-order valence-electron chi connectivity index (χ3n) is 3.92. The first kappa shape index (κ1) is 19.8. The number of nitrogens with one attached hydrogen (secondary N) is 1. The Bertz CT molecular complexity index is 727. The Kier molecular flexibility index (Phi) is 6.94. The van der Waals surface area contributed by atoms with Crippen LogP contribution in [-0.2, 0) is 6.42 Å². The van der Waals surface area contributed by atoms with Gasteiger partial charge in [0, 0.05) is 28.6 Å². The van der Waals surface area contributed by atoms with Crippen LogP contribution < -0.4 is 10.1 Å². The topological polar surface area (TPSA) is 41.5 Å². The number of hydrogen-bond acceptors (Lipinski definition) is 3. The average molecular weight is 386 g/mol. The molecule has 0 unspecified atom stereocenters. The van der Waals surface area contributed by atoms with Crippen LogP contribution in [0.3, 0.4) is 0 Å². The minimum absolute atomic E-state index is 0.0401. The summed E-state index contributed by atoms with van der Waals surface area (Å²) < 4.78 is 20.3. The van der Waals surface area contributed by atoms with Gasteiger partial charge in [-0.15, -0.1) is 0 Å². The highest BCUT2D eigenvalue weighted by molar-refractivity contribution is 6.36. The standard InChI is InChI=1S/C19H22Cl2FNO2/c1-11(2)18-17(24)5-4-12(19(18)22)8-14-15(20)9-13(10-16(14)21)25-7-6-23-3/h4-5,9-11,23-24H,6-8H2,1-3H3. The van der Waals surface area contributed by atoms with E-state index in [1.54, 1.807) is 18.2 Å². The molecule has 0 saturated heterocycles. The molecule has 25 heavy (non-hydrogen) atoms. The molecule has 0 aliphatic rings. The summed E-state index contributed by atoms with van der Waals surface area (Å²) in [5.41, 5.74) is 1.37. The molecule has 0 amide bonds. The molecule has 3 nitrogen and oxygen atoms in total. The molecule has 0 aliphatic heterocycles. The van der Waals surface area contributed by atoms with Crippen molar-refractivity contribution in [2.75, 3.05) is 20.2 Å².